The fourth-order valence-electron chi connectivity index (χ4n) is 1.32. The normalized spacial score (nSPS) is 22.1. The molecule has 8 nitrogen and oxygen atoms in total. The molecule has 92 valence electrons. The summed E-state index contributed by atoms with van der Waals surface area (Å²) in [5.74, 6) is -0.659. The van der Waals surface area contributed by atoms with Gasteiger partial charge in [0.15, 0.2) is 5.17 Å². The molecule has 0 aromatic carbocycles. The van der Waals surface area contributed by atoms with Gasteiger partial charge >= 0.3 is 16.2 Å². The van der Waals surface area contributed by atoms with Crippen LogP contribution < -0.4 is 5.73 Å². The van der Waals surface area contributed by atoms with Gasteiger partial charge in [0.1, 0.15) is 0 Å². The van der Waals surface area contributed by atoms with Crippen LogP contribution >= 0.6 is 11.8 Å². The summed E-state index contributed by atoms with van der Waals surface area (Å²) in [6.07, 6.45) is -0.229. The number of amides is 3. The number of aliphatic imine (C=N–C) groups is 1. The van der Waals surface area contributed by atoms with Gasteiger partial charge in [-0.2, -0.15) is 13.4 Å². The van der Waals surface area contributed by atoms with Crippen molar-refractivity contribution < 1.29 is 18.0 Å². The predicted octanol–water partition coefficient (Wildman–Crippen LogP) is -0.582. The summed E-state index contributed by atoms with van der Waals surface area (Å²) in [5.41, 5.74) is 5.21. The van der Waals surface area contributed by atoms with E-state index in [4.69, 9.17) is 5.73 Å². The number of fused-ring (bicyclic) bond motifs is 1. The number of amidine groups is 1. The molecule has 2 rings (SSSR count). The Kier molecular flexibility index (Phi) is 2.62. The van der Waals surface area contributed by atoms with Crippen LogP contribution in [0, 0.1) is 0 Å². The third-order valence-electron chi connectivity index (χ3n) is 2.13. The molecule has 0 spiro atoms. The Labute approximate surface area is 101 Å². The Hall–Kier alpha value is -1.55. The minimum Gasteiger partial charge on any atom is -0.369 e. The number of rotatable bonds is 2. The molecule has 10 heteroatoms. The molecule has 0 fully saturated rings. The summed E-state index contributed by atoms with van der Waals surface area (Å²) in [7, 11) is -2.89. The third kappa shape index (κ3) is 1.78. The lowest BCUT2D eigenvalue weighted by atomic mass is 10.3. The van der Waals surface area contributed by atoms with E-state index >= 15 is 0 Å². The molecule has 2 aliphatic heterocycles. The van der Waals surface area contributed by atoms with E-state index in [1.54, 1.807) is 0 Å². The minimum absolute atomic E-state index is 0.0179. The highest BCUT2D eigenvalue weighted by Crippen LogP contribution is 2.34. The number of primary amides is 1. The first-order valence-electron chi connectivity index (χ1n) is 4.40. The summed E-state index contributed by atoms with van der Waals surface area (Å²) in [6.45, 7) is 0. The van der Waals surface area contributed by atoms with Crippen molar-refractivity contribution in [1.82, 2.24) is 8.61 Å². The number of nitrogens with two attached hydrogens (primary N) is 1. The van der Waals surface area contributed by atoms with E-state index in [2.05, 4.69) is 4.99 Å². The van der Waals surface area contributed by atoms with Gasteiger partial charge in [-0.1, -0.05) is 11.8 Å². The van der Waals surface area contributed by atoms with Crippen molar-refractivity contribution in [2.24, 2.45) is 10.7 Å². The lowest BCUT2D eigenvalue weighted by Gasteiger charge is -2.29. The van der Waals surface area contributed by atoms with Crippen molar-refractivity contribution >= 4 is 39.1 Å². The molecule has 0 radical (unpaired) electrons. The molecule has 2 N–H and O–H groups in total. The largest absolute Gasteiger partial charge is 0.369 e. The number of urea groups is 1. The second-order valence-corrected chi connectivity index (χ2v) is 5.93. The Morgan fingerprint density at radius 2 is 2.24 bits per heavy atom. The van der Waals surface area contributed by atoms with Crippen LogP contribution in [0.4, 0.5) is 4.79 Å². The van der Waals surface area contributed by atoms with Gasteiger partial charge in [0, 0.05) is 12.5 Å². The van der Waals surface area contributed by atoms with Gasteiger partial charge in [0.25, 0.3) is 0 Å². The molecule has 0 atom stereocenters. The van der Waals surface area contributed by atoms with Gasteiger partial charge in [-0.15, -0.1) is 0 Å². The van der Waals surface area contributed by atoms with Crippen molar-refractivity contribution in [2.75, 3.05) is 7.05 Å². The summed E-state index contributed by atoms with van der Waals surface area (Å²) in [4.78, 5) is 25.7. The molecule has 0 aromatic heterocycles. The molecular formula is C7H8N4O4S2. The quantitative estimate of drug-likeness (QED) is 0.724. The average molecular weight is 276 g/mol. The summed E-state index contributed by atoms with van der Waals surface area (Å²) < 4.78 is 25.2. The zero-order valence-corrected chi connectivity index (χ0v) is 10.3. The van der Waals surface area contributed by atoms with Gasteiger partial charge < -0.3 is 5.73 Å². The first-order chi connectivity index (χ1) is 7.84. The maximum atomic E-state index is 11.9. The van der Waals surface area contributed by atoms with Crippen LogP contribution in [0.1, 0.15) is 6.42 Å². The number of hydrogen-bond acceptors (Lipinski definition) is 5. The Bertz CT molecular complexity index is 564. The minimum atomic E-state index is -3.99. The van der Waals surface area contributed by atoms with E-state index in [9.17, 15) is 18.0 Å². The van der Waals surface area contributed by atoms with Crippen LogP contribution in [0.25, 0.3) is 0 Å². The van der Waals surface area contributed by atoms with E-state index in [-0.39, 0.29) is 17.3 Å². The highest BCUT2D eigenvalue weighted by Gasteiger charge is 2.43. The van der Waals surface area contributed by atoms with E-state index in [0.717, 1.165) is 23.1 Å². The monoisotopic (exact) mass is 276 g/mol. The summed E-state index contributed by atoms with van der Waals surface area (Å²) in [6, 6.07) is -0.863. The maximum absolute atomic E-state index is 11.9. The molecule has 0 unspecified atom stereocenters. The molecule has 3 amide bonds. The molecule has 17 heavy (non-hydrogen) atoms. The number of carbonyl (C=O) groups is 2. The molecular weight excluding hydrogens is 268 g/mol. The lowest BCUT2D eigenvalue weighted by Crippen LogP contribution is -2.48. The van der Waals surface area contributed by atoms with Crippen LogP contribution in [0.2, 0.25) is 0 Å². The van der Waals surface area contributed by atoms with E-state index in [1.165, 1.54) is 5.41 Å². The van der Waals surface area contributed by atoms with Crippen molar-refractivity contribution in [3.63, 3.8) is 0 Å². The number of thioether (sulfide) groups is 1. The number of nitrogens with zero attached hydrogens (tertiary/aromatic N) is 3. The summed E-state index contributed by atoms with van der Waals surface area (Å²) in [5, 5.41) is 1.46. The zero-order chi connectivity index (χ0) is 12.8. The smallest absolute Gasteiger partial charge is 0.360 e. The molecule has 0 aliphatic carbocycles. The molecule has 2 aliphatic rings. The predicted molar refractivity (Wildman–Crippen MR) is 60.8 cm³/mol. The van der Waals surface area contributed by atoms with Crippen LogP contribution in [-0.2, 0) is 15.0 Å². The Morgan fingerprint density at radius 3 is 2.82 bits per heavy atom. The average Bonchev–Trinajstić information content (AvgIpc) is 2.58. The Balaban J connectivity index is 2.46. The van der Waals surface area contributed by atoms with Crippen LogP contribution in [0.5, 0.6) is 0 Å². The maximum Gasteiger partial charge on any atom is 0.360 e. The fraction of sp³-hybridized carbons (Fsp3) is 0.286. The van der Waals surface area contributed by atoms with E-state index in [0.29, 0.717) is 4.31 Å². The first kappa shape index (κ1) is 11.9. The van der Waals surface area contributed by atoms with Gasteiger partial charge in [-0.25, -0.2) is 13.4 Å². The van der Waals surface area contributed by atoms with Gasteiger partial charge in [-0.3, -0.25) is 4.79 Å². The van der Waals surface area contributed by atoms with E-state index < -0.39 is 22.1 Å². The third-order valence-corrected chi connectivity index (χ3v) is 4.84. The number of carbonyl (C=O) groups excluding carboxylic acids is 2. The number of hydrogen-bond donors (Lipinski definition) is 1. The highest BCUT2D eigenvalue weighted by atomic mass is 32.2. The molecule has 0 saturated heterocycles. The molecule has 0 aromatic rings. The lowest BCUT2D eigenvalue weighted by molar-refractivity contribution is -0.117. The Morgan fingerprint density at radius 1 is 1.59 bits per heavy atom. The topological polar surface area (TPSA) is 113 Å². The van der Waals surface area contributed by atoms with Crippen molar-refractivity contribution in [1.29, 1.82) is 0 Å². The van der Waals surface area contributed by atoms with Crippen molar-refractivity contribution in [2.45, 2.75) is 6.42 Å². The van der Waals surface area contributed by atoms with Gasteiger partial charge in [0.05, 0.1) is 12.1 Å². The zero-order valence-electron chi connectivity index (χ0n) is 8.65. The van der Waals surface area contributed by atoms with Crippen LogP contribution in [0.3, 0.4) is 0 Å². The standard InChI is InChI=1S/C7H8N4O4S2/c1-10-6(13)9-7-11(17(10,14)15)4(3-16-7)2-5(8)12/h3H,2H2,1H3,(H2,8,12). The second kappa shape index (κ2) is 3.74. The fourth-order valence-corrected chi connectivity index (χ4v) is 3.71. The SMILES string of the molecule is CN1C(=O)N=C2SC=C(CC(N)=O)N2S1(=O)=O. The van der Waals surface area contributed by atoms with E-state index in [1.807, 2.05) is 0 Å². The second-order valence-electron chi connectivity index (χ2n) is 3.29. The molecule has 2 heterocycles. The molecule has 0 bridgehead atoms. The van der Waals surface area contributed by atoms with Gasteiger partial charge in [-0.05, 0) is 0 Å². The highest BCUT2D eigenvalue weighted by molar-refractivity contribution is 8.17. The van der Waals surface area contributed by atoms with Crippen LogP contribution in [-0.4, -0.2) is 41.2 Å². The van der Waals surface area contributed by atoms with Gasteiger partial charge in [0.2, 0.25) is 5.91 Å². The first-order valence-corrected chi connectivity index (χ1v) is 6.67. The van der Waals surface area contributed by atoms with Crippen molar-refractivity contribution in [3.8, 4) is 0 Å². The molecule has 0 saturated carbocycles. The van der Waals surface area contributed by atoms with Crippen LogP contribution in [0.15, 0.2) is 16.1 Å². The summed E-state index contributed by atoms with van der Waals surface area (Å²) >= 11 is 0.964. The van der Waals surface area contributed by atoms with Crippen molar-refractivity contribution in [3.05, 3.63) is 11.1 Å².